The highest BCUT2D eigenvalue weighted by atomic mass is 35.5. The van der Waals surface area contributed by atoms with E-state index in [2.05, 4.69) is 4.72 Å². The third kappa shape index (κ3) is 4.25. The molecule has 0 amide bonds. The summed E-state index contributed by atoms with van der Waals surface area (Å²) in [7, 11) is -3.37. The summed E-state index contributed by atoms with van der Waals surface area (Å²) in [6.45, 7) is 3.96. The summed E-state index contributed by atoms with van der Waals surface area (Å²) >= 11 is 6.97. The van der Waals surface area contributed by atoms with E-state index in [9.17, 15) is 8.42 Å². The number of hydrogen-bond donors (Lipinski definition) is 1. The van der Waals surface area contributed by atoms with Gasteiger partial charge in [0.2, 0.25) is 10.0 Å². The second-order valence-electron chi connectivity index (χ2n) is 3.78. The van der Waals surface area contributed by atoms with Gasteiger partial charge in [0, 0.05) is 16.8 Å². The zero-order valence-electron chi connectivity index (χ0n) is 10.1. The van der Waals surface area contributed by atoms with Gasteiger partial charge >= 0.3 is 0 Å². The molecule has 0 spiro atoms. The van der Waals surface area contributed by atoms with Crippen LogP contribution in [0, 0.1) is 0 Å². The molecular weight excluding hydrogens is 278 g/mol. The smallest absolute Gasteiger partial charge is 0.207 e. The minimum Gasteiger partial charge on any atom is -0.207 e. The zero-order chi connectivity index (χ0) is 12.9. The summed E-state index contributed by atoms with van der Waals surface area (Å²) in [5.74, 6) is 0.464. The van der Waals surface area contributed by atoms with Crippen molar-refractivity contribution in [2.75, 3.05) is 5.88 Å². The van der Waals surface area contributed by atoms with Crippen molar-refractivity contribution in [3.63, 3.8) is 0 Å². The summed E-state index contributed by atoms with van der Waals surface area (Å²) in [4.78, 5) is 1.08. The monoisotopic (exact) mass is 295 g/mol. The van der Waals surface area contributed by atoms with Gasteiger partial charge in [0.05, 0.1) is 0 Å². The predicted molar refractivity (Wildman–Crippen MR) is 73.4 cm³/mol. The van der Waals surface area contributed by atoms with Gasteiger partial charge in [0.15, 0.2) is 0 Å². The maximum Gasteiger partial charge on any atom is 0.250 e. The van der Waals surface area contributed by atoms with E-state index in [1.165, 1.54) is 11.3 Å². The highest BCUT2D eigenvalue weighted by Crippen LogP contribution is 2.22. The van der Waals surface area contributed by atoms with Crippen LogP contribution in [0.3, 0.4) is 0 Å². The zero-order valence-corrected chi connectivity index (χ0v) is 12.5. The molecule has 1 aromatic heterocycles. The highest BCUT2D eigenvalue weighted by molar-refractivity contribution is 7.91. The third-order valence-corrected chi connectivity index (χ3v) is 5.98. The van der Waals surface area contributed by atoms with Gasteiger partial charge in [-0.1, -0.05) is 13.8 Å². The SMILES string of the molecule is CCc1ccc(S(=O)(=O)NC(CC)CCCl)s1. The highest BCUT2D eigenvalue weighted by Gasteiger charge is 2.20. The van der Waals surface area contributed by atoms with E-state index in [-0.39, 0.29) is 6.04 Å². The lowest BCUT2D eigenvalue weighted by atomic mass is 10.2. The third-order valence-electron chi connectivity index (χ3n) is 2.52. The van der Waals surface area contributed by atoms with Gasteiger partial charge in [-0.2, -0.15) is 0 Å². The van der Waals surface area contributed by atoms with Gasteiger partial charge in [-0.25, -0.2) is 13.1 Å². The lowest BCUT2D eigenvalue weighted by Crippen LogP contribution is -2.34. The summed E-state index contributed by atoms with van der Waals surface area (Å²) in [5.41, 5.74) is 0. The molecule has 1 heterocycles. The first-order valence-electron chi connectivity index (χ1n) is 5.70. The standard InChI is InChI=1S/C11H18ClNO2S2/c1-3-9(7-8-12)13-17(14,15)11-6-5-10(4-2)16-11/h5-6,9,13H,3-4,7-8H2,1-2H3. The Bertz CT molecular complexity index is 442. The number of halogens is 1. The lowest BCUT2D eigenvalue weighted by Gasteiger charge is -2.14. The Morgan fingerprint density at radius 2 is 2.12 bits per heavy atom. The fourth-order valence-corrected chi connectivity index (χ4v) is 4.38. The normalized spacial score (nSPS) is 13.8. The van der Waals surface area contributed by atoms with E-state index in [0.717, 1.165) is 17.7 Å². The molecule has 0 aliphatic heterocycles. The summed E-state index contributed by atoms with van der Waals surface area (Å²) in [6, 6.07) is 3.45. The largest absolute Gasteiger partial charge is 0.250 e. The molecular formula is C11H18ClNO2S2. The van der Waals surface area contributed by atoms with Crippen LogP contribution in [0.1, 0.15) is 31.6 Å². The number of alkyl halides is 1. The van der Waals surface area contributed by atoms with E-state index in [4.69, 9.17) is 11.6 Å². The lowest BCUT2D eigenvalue weighted by molar-refractivity contribution is 0.533. The maximum atomic E-state index is 12.1. The number of thiophene rings is 1. The minimum atomic E-state index is -3.37. The topological polar surface area (TPSA) is 46.2 Å². The van der Waals surface area contributed by atoms with Gasteiger partial charge in [-0.15, -0.1) is 22.9 Å². The number of rotatable bonds is 7. The molecule has 0 fully saturated rings. The predicted octanol–water partition coefficient (Wildman–Crippen LogP) is 3.00. The van der Waals surface area contributed by atoms with Gasteiger partial charge in [0.25, 0.3) is 0 Å². The first-order valence-corrected chi connectivity index (χ1v) is 8.53. The summed E-state index contributed by atoms with van der Waals surface area (Å²) in [6.07, 6.45) is 2.26. The van der Waals surface area contributed by atoms with E-state index in [1.807, 2.05) is 19.9 Å². The van der Waals surface area contributed by atoms with Crippen molar-refractivity contribution in [2.24, 2.45) is 0 Å². The molecule has 6 heteroatoms. The Kier molecular flexibility index (Phi) is 5.92. The number of hydrogen-bond acceptors (Lipinski definition) is 3. The molecule has 0 aliphatic rings. The second-order valence-corrected chi connectivity index (χ2v) is 7.27. The van der Waals surface area contributed by atoms with Crippen LogP contribution in [0.4, 0.5) is 0 Å². The van der Waals surface area contributed by atoms with Crippen molar-refractivity contribution >= 4 is 33.0 Å². The Labute approximate surface area is 112 Å². The van der Waals surface area contributed by atoms with Crippen LogP contribution in [0.2, 0.25) is 0 Å². The van der Waals surface area contributed by atoms with E-state index >= 15 is 0 Å². The fourth-order valence-electron chi connectivity index (χ4n) is 1.45. The molecule has 98 valence electrons. The molecule has 0 saturated carbocycles. The van der Waals surface area contributed by atoms with Crippen LogP contribution < -0.4 is 4.72 Å². The van der Waals surface area contributed by atoms with E-state index in [1.54, 1.807) is 6.07 Å². The molecule has 1 rings (SSSR count). The Morgan fingerprint density at radius 1 is 1.41 bits per heavy atom. The average molecular weight is 296 g/mol. The van der Waals surface area contributed by atoms with Crippen LogP contribution in [0.15, 0.2) is 16.3 Å². The molecule has 0 saturated heterocycles. The minimum absolute atomic E-state index is 0.0790. The van der Waals surface area contributed by atoms with Gasteiger partial charge < -0.3 is 0 Å². The molecule has 1 N–H and O–H groups in total. The molecule has 0 radical (unpaired) electrons. The van der Waals surface area contributed by atoms with E-state index in [0.29, 0.717) is 16.5 Å². The summed E-state index contributed by atoms with van der Waals surface area (Å²) in [5, 5.41) is 0. The Balaban J connectivity index is 2.80. The quantitative estimate of drug-likeness (QED) is 0.786. The molecule has 0 aliphatic carbocycles. The fraction of sp³-hybridized carbons (Fsp3) is 0.636. The van der Waals surface area contributed by atoms with Gasteiger partial charge in [-0.05, 0) is 31.4 Å². The first-order chi connectivity index (χ1) is 8.03. The van der Waals surface area contributed by atoms with Gasteiger partial charge in [-0.3, -0.25) is 0 Å². The number of sulfonamides is 1. The van der Waals surface area contributed by atoms with E-state index < -0.39 is 10.0 Å². The molecule has 1 unspecified atom stereocenters. The van der Waals surface area contributed by atoms with Crippen molar-refractivity contribution in [1.29, 1.82) is 0 Å². The molecule has 17 heavy (non-hydrogen) atoms. The summed E-state index contributed by atoms with van der Waals surface area (Å²) < 4.78 is 27.2. The van der Waals surface area contributed by atoms with Crippen LogP contribution in [-0.4, -0.2) is 20.3 Å². The molecule has 3 nitrogen and oxygen atoms in total. The van der Waals surface area contributed by atoms with Gasteiger partial charge in [0.1, 0.15) is 4.21 Å². The second kappa shape index (κ2) is 6.73. The van der Waals surface area contributed by atoms with Crippen LogP contribution in [0.5, 0.6) is 0 Å². The number of nitrogens with one attached hydrogen (secondary N) is 1. The van der Waals surface area contributed by atoms with Crippen molar-refractivity contribution in [3.05, 3.63) is 17.0 Å². The Morgan fingerprint density at radius 3 is 2.59 bits per heavy atom. The average Bonchev–Trinajstić information content (AvgIpc) is 2.77. The van der Waals surface area contributed by atoms with Crippen LogP contribution in [0.25, 0.3) is 0 Å². The first kappa shape index (κ1) is 15.0. The van der Waals surface area contributed by atoms with Crippen molar-refractivity contribution in [2.45, 2.75) is 43.4 Å². The maximum absolute atomic E-state index is 12.1. The van der Waals surface area contributed by atoms with Crippen LogP contribution >= 0.6 is 22.9 Å². The van der Waals surface area contributed by atoms with Crippen molar-refractivity contribution in [1.82, 2.24) is 4.72 Å². The van der Waals surface area contributed by atoms with Crippen molar-refractivity contribution in [3.8, 4) is 0 Å². The Hall–Kier alpha value is -0.100. The molecule has 0 bridgehead atoms. The molecule has 0 aromatic carbocycles. The van der Waals surface area contributed by atoms with Crippen LogP contribution in [-0.2, 0) is 16.4 Å². The van der Waals surface area contributed by atoms with Crippen molar-refractivity contribution < 1.29 is 8.42 Å². The molecule has 1 atom stereocenters. The number of aryl methyl sites for hydroxylation is 1. The molecule has 1 aromatic rings.